The molecule has 0 aromatic heterocycles. The zero-order valence-corrected chi connectivity index (χ0v) is 20.2. The second kappa shape index (κ2) is 15.7. The summed E-state index contributed by atoms with van der Waals surface area (Å²) in [7, 11) is 0. The lowest BCUT2D eigenvalue weighted by Crippen LogP contribution is -2.12. The number of rotatable bonds is 16. The summed E-state index contributed by atoms with van der Waals surface area (Å²) in [6.45, 7) is 11.3. The molecule has 0 atom stereocenters. The van der Waals surface area contributed by atoms with E-state index >= 15 is 0 Å². The summed E-state index contributed by atoms with van der Waals surface area (Å²) in [6, 6.07) is 5.06. The van der Waals surface area contributed by atoms with E-state index in [2.05, 4.69) is 34.6 Å². The first-order valence-corrected chi connectivity index (χ1v) is 12.0. The number of hydrogen-bond donors (Lipinski definition) is 0. The van der Waals surface area contributed by atoms with Gasteiger partial charge in [0.1, 0.15) is 5.75 Å². The third kappa shape index (κ3) is 13.1. The van der Waals surface area contributed by atoms with E-state index in [4.69, 9.17) is 14.2 Å². The van der Waals surface area contributed by atoms with Crippen LogP contribution in [0.1, 0.15) is 98.8 Å². The summed E-state index contributed by atoms with van der Waals surface area (Å²) in [4.78, 5) is 24.6. The monoisotopic (exact) mass is 434 g/mol. The molecular formula is C26H42O5. The van der Waals surface area contributed by atoms with Crippen LogP contribution in [0.4, 0.5) is 0 Å². The molecule has 0 unspecified atom stereocenters. The van der Waals surface area contributed by atoms with Crippen LogP contribution in [0.15, 0.2) is 18.2 Å². The molecule has 0 aliphatic heterocycles. The largest absolute Gasteiger partial charge is 0.493 e. The molecule has 31 heavy (non-hydrogen) atoms. The van der Waals surface area contributed by atoms with Gasteiger partial charge < -0.3 is 14.2 Å². The van der Waals surface area contributed by atoms with Crippen LogP contribution in [-0.4, -0.2) is 18.5 Å². The molecule has 0 aliphatic rings. The van der Waals surface area contributed by atoms with Crippen LogP contribution in [0.2, 0.25) is 0 Å². The summed E-state index contributed by atoms with van der Waals surface area (Å²) >= 11 is 0. The van der Waals surface area contributed by atoms with Crippen LogP contribution in [-0.2, 0) is 9.59 Å². The van der Waals surface area contributed by atoms with Gasteiger partial charge in [-0.2, -0.15) is 0 Å². The second-order valence-corrected chi connectivity index (χ2v) is 9.04. The van der Waals surface area contributed by atoms with E-state index in [1.54, 1.807) is 18.2 Å². The van der Waals surface area contributed by atoms with E-state index < -0.39 is 0 Å². The number of carbonyl (C=O) groups excluding carboxylic acids is 2. The Kier molecular flexibility index (Phi) is 13.7. The molecule has 0 fully saturated rings. The lowest BCUT2D eigenvalue weighted by atomic mass is 10.1. The fourth-order valence-electron chi connectivity index (χ4n) is 3.12. The third-order valence-electron chi connectivity index (χ3n) is 4.95. The quantitative estimate of drug-likeness (QED) is 0.158. The minimum absolute atomic E-state index is 0.248. The van der Waals surface area contributed by atoms with Gasteiger partial charge in [0.15, 0.2) is 11.5 Å². The van der Waals surface area contributed by atoms with Crippen molar-refractivity contribution in [3.05, 3.63) is 18.2 Å². The van der Waals surface area contributed by atoms with E-state index in [9.17, 15) is 9.59 Å². The third-order valence-corrected chi connectivity index (χ3v) is 4.95. The van der Waals surface area contributed by atoms with Gasteiger partial charge in [-0.05, 0) is 43.2 Å². The van der Waals surface area contributed by atoms with Gasteiger partial charge in [-0.3, -0.25) is 9.59 Å². The van der Waals surface area contributed by atoms with E-state index in [-0.39, 0.29) is 23.4 Å². The number of benzene rings is 1. The van der Waals surface area contributed by atoms with Crippen molar-refractivity contribution in [2.45, 2.75) is 98.8 Å². The molecule has 0 amide bonds. The van der Waals surface area contributed by atoms with Gasteiger partial charge in [0.25, 0.3) is 0 Å². The van der Waals surface area contributed by atoms with E-state index in [1.165, 1.54) is 12.8 Å². The first-order valence-electron chi connectivity index (χ1n) is 12.0. The number of esters is 2. The van der Waals surface area contributed by atoms with Gasteiger partial charge in [0.2, 0.25) is 0 Å². The molecule has 5 heteroatoms. The lowest BCUT2D eigenvalue weighted by molar-refractivity contribution is -0.137. The summed E-state index contributed by atoms with van der Waals surface area (Å²) in [6.07, 6.45) is 8.63. The van der Waals surface area contributed by atoms with E-state index in [1.807, 2.05) is 0 Å². The molecule has 0 radical (unpaired) electrons. The summed E-state index contributed by atoms with van der Waals surface area (Å²) < 4.78 is 16.9. The maximum atomic E-state index is 12.3. The van der Waals surface area contributed by atoms with Crippen molar-refractivity contribution in [3.63, 3.8) is 0 Å². The molecule has 0 bridgehead atoms. The number of hydrogen-bond acceptors (Lipinski definition) is 5. The molecule has 0 saturated heterocycles. The number of unbranched alkanes of at least 4 members (excludes halogenated alkanes) is 3. The molecule has 0 N–H and O–H groups in total. The highest BCUT2D eigenvalue weighted by Crippen LogP contribution is 2.33. The predicted octanol–water partition coefficient (Wildman–Crippen LogP) is 7.11. The van der Waals surface area contributed by atoms with Crippen LogP contribution in [0.25, 0.3) is 0 Å². The number of carbonyl (C=O) groups is 2. The first-order chi connectivity index (χ1) is 14.8. The SMILES string of the molecule is CCCCCCOc1ccc(OC(=O)CCCC(C)C)c(OC(=O)CCCC(C)C)c1. The Labute approximate surface area is 188 Å². The van der Waals surface area contributed by atoms with Crippen molar-refractivity contribution >= 4 is 11.9 Å². The molecular weight excluding hydrogens is 392 g/mol. The topological polar surface area (TPSA) is 61.8 Å². The maximum absolute atomic E-state index is 12.3. The highest BCUT2D eigenvalue weighted by atomic mass is 16.6. The van der Waals surface area contributed by atoms with Crippen LogP contribution < -0.4 is 14.2 Å². The Balaban J connectivity index is 2.76. The van der Waals surface area contributed by atoms with Crippen LogP contribution in [0.3, 0.4) is 0 Å². The first kappa shape index (κ1) is 27.0. The van der Waals surface area contributed by atoms with Crippen molar-refractivity contribution in [1.29, 1.82) is 0 Å². The fourth-order valence-corrected chi connectivity index (χ4v) is 3.12. The molecule has 1 rings (SSSR count). The molecule has 0 saturated carbocycles. The van der Waals surface area contributed by atoms with Crippen molar-refractivity contribution < 1.29 is 23.8 Å². The van der Waals surface area contributed by atoms with Crippen molar-refractivity contribution in [3.8, 4) is 17.2 Å². The molecule has 0 spiro atoms. The summed E-state index contributed by atoms with van der Waals surface area (Å²) in [5.74, 6) is 1.58. The zero-order chi connectivity index (χ0) is 23.1. The molecule has 0 heterocycles. The minimum atomic E-state index is -0.321. The Hall–Kier alpha value is -2.04. The lowest BCUT2D eigenvalue weighted by Gasteiger charge is -2.13. The highest BCUT2D eigenvalue weighted by Gasteiger charge is 2.16. The Morgan fingerprint density at radius 1 is 0.774 bits per heavy atom. The maximum Gasteiger partial charge on any atom is 0.311 e. The highest BCUT2D eigenvalue weighted by molar-refractivity contribution is 5.76. The van der Waals surface area contributed by atoms with Crippen molar-refractivity contribution in [1.82, 2.24) is 0 Å². The molecule has 176 valence electrons. The van der Waals surface area contributed by atoms with Crippen LogP contribution >= 0.6 is 0 Å². The van der Waals surface area contributed by atoms with Gasteiger partial charge in [0.05, 0.1) is 6.61 Å². The Morgan fingerprint density at radius 2 is 1.35 bits per heavy atom. The van der Waals surface area contributed by atoms with Crippen molar-refractivity contribution in [2.75, 3.05) is 6.61 Å². The van der Waals surface area contributed by atoms with Crippen LogP contribution in [0, 0.1) is 11.8 Å². The van der Waals surface area contributed by atoms with Gasteiger partial charge >= 0.3 is 11.9 Å². The summed E-state index contributed by atoms with van der Waals surface area (Å²) in [5.41, 5.74) is 0. The molecule has 1 aromatic rings. The van der Waals surface area contributed by atoms with Crippen LogP contribution in [0.5, 0.6) is 17.2 Å². The molecule has 1 aromatic carbocycles. The van der Waals surface area contributed by atoms with Crippen molar-refractivity contribution in [2.24, 2.45) is 11.8 Å². The Bertz CT molecular complexity index is 651. The molecule has 0 aliphatic carbocycles. The zero-order valence-electron chi connectivity index (χ0n) is 20.2. The smallest absolute Gasteiger partial charge is 0.311 e. The van der Waals surface area contributed by atoms with Gasteiger partial charge in [-0.1, -0.05) is 66.7 Å². The average molecular weight is 435 g/mol. The minimum Gasteiger partial charge on any atom is -0.493 e. The van der Waals surface area contributed by atoms with E-state index in [0.29, 0.717) is 37.0 Å². The fraction of sp³-hybridized carbons (Fsp3) is 0.692. The number of ether oxygens (including phenoxy) is 3. The second-order valence-electron chi connectivity index (χ2n) is 9.04. The standard InChI is InChI=1S/C26H42O5/c1-6-7-8-9-18-29-22-16-17-23(30-25(27)14-10-12-20(2)3)24(19-22)31-26(28)15-11-13-21(4)5/h16-17,19-21H,6-15,18H2,1-5H3. The Morgan fingerprint density at radius 3 is 1.90 bits per heavy atom. The molecule has 5 nitrogen and oxygen atoms in total. The normalized spacial score (nSPS) is 11.1. The van der Waals surface area contributed by atoms with Gasteiger partial charge in [0, 0.05) is 18.9 Å². The average Bonchev–Trinajstić information content (AvgIpc) is 2.69. The van der Waals surface area contributed by atoms with Gasteiger partial charge in [-0.25, -0.2) is 0 Å². The predicted molar refractivity (Wildman–Crippen MR) is 125 cm³/mol. The summed E-state index contributed by atoms with van der Waals surface area (Å²) in [5, 5.41) is 0. The van der Waals surface area contributed by atoms with Gasteiger partial charge in [-0.15, -0.1) is 0 Å². The van der Waals surface area contributed by atoms with E-state index in [0.717, 1.165) is 38.5 Å².